The second-order valence-corrected chi connectivity index (χ2v) is 5.45. The van der Waals surface area contributed by atoms with E-state index >= 15 is 0 Å². The van der Waals surface area contributed by atoms with Crippen molar-refractivity contribution in [2.75, 3.05) is 0 Å². The van der Waals surface area contributed by atoms with Gasteiger partial charge in [-0.15, -0.1) is 0 Å². The SMILES string of the molecule is Cc1cc(C(=O)N[C@@H](Cc2ccccc2)c2ccccc2)no1. The van der Waals surface area contributed by atoms with Crippen molar-refractivity contribution in [1.29, 1.82) is 0 Å². The summed E-state index contributed by atoms with van der Waals surface area (Å²) in [6, 6.07) is 21.6. The van der Waals surface area contributed by atoms with Gasteiger partial charge in [0.15, 0.2) is 5.69 Å². The van der Waals surface area contributed by atoms with E-state index in [9.17, 15) is 4.79 Å². The molecule has 2 aromatic carbocycles. The molecule has 4 nitrogen and oxygen atoms in total. The Bertz CT molecular complexity index is 766. The maximum atomic E-state index is 12.4. The standard InChI is InChI=1S/C19H18N2O2/c1-14-12-18(21-23-14)19(22)20-17(16-10-6-3-7-11-16)13-15-8-4-2-5-9-15/h2-12,17H,13H2,1H3,(H,20,22)/t17-/m0/s1. The number of aromatic nitrogens is 1. The molecule has 0 aliphatic carbocycles. The van der Waals surface area contributed by atoms with Gasteiger partial charge >= 0.3 is 0 Å². The fourth-order valence-corrected chi connectivity index (χ4v) is 2.49. The van der Waals surface area contributed by atoms with E-state index < -0.39 is 0 Å². The van der Waals surface area contributed by atoms with Crippen LogP contribution in [0.2, 0.25) is 0 Å². The summed E-state index contributed by atoms with van der Waals surface area (Å²) in [5.74, 6) is 0.390. The Balaban J connectivity index is 1.82. The van der Waals surface area contributed by atoms with Gasteiger partial charge in [-0.3, -0.25) is 4.79 Å². The van der Waals surface area contributed by atoms with Gasteiger partial charge < -0.3 is 9.84 Å². The molecule has 3 aromatic rings. The number of amides is 1. The number of carbonyl (C=O) groups excluding carboxylic acids is 1. The molecule has 1 heterocycles. The van der Waals surface area contributed by atoms with E-state index in [4.69, 9.17) is 4.52 Å². The highest BCUT2D eigenvalue weighted by Crippen LogP contribution is 2.19. The molecule has 0 radical (unpaired) electrons. The van der Waals surface area contributed by atoms with E-state index in [2.05, 4.69) is 22.6 Å². The number of nitrogens with one attached hydrogen (secondary N) is 1. The van der Waals surface area contributed by atoms with Crippen molar-refractivity contribution in [1.82, 2.24) is 10.5 Å². The number of hydrogen-bond donors (Lipinski definition) is 1. The molecule has 4 heteroatoms. The Morgan fingerprint density at radius 2 is 1.74 bits per heavy atom. The maximum absolute atomic E-state index is 12.4. The molecule has 1 atom stereocenters. The van der Waals surface area contributed by atoms with E-state index in [1.54, 1.807) is 13.0 Å². The van der Waals surface area contributed by atoms with Gasteiger partial charge in [0.1, 0.15) is 5.76 Å². The summed E-state index contributed by atoms with van der Waals surface area (Å²) in [5, 5.41) is 6.83. The van der Waals surface area contributed by atoms with Crippen molar-refractivity contribution in [3.8, 4) is 0 Å². The first-order valence-corrected chi connectivity index (χ1v) is 7.55. The lowest BCUT2D eigenvalue weighted by molar-refractivity contribution is 0.0927. The van der Waals surface area contributed by atoms with E-state index in [1.807, 2.05) is 48.5 Å². The number of aryl methyl sites for hydroxylation is 1. The average molecular weight is 306 g/mol. The lowest BCUT2D eigenvalue weighted by atomic mass is 9.98. The predicted octanol–water partition coefficient (Wildman–Crippen LogP) is 3.70. The molecule has 0 saturated heterocycles. The van der Waals surface area contributed by atoms with Crippen LogP contribution in [0.4, 0.5) is 0 Å². The minimum Gasteiger partial charge on any atom is -0.361 e. The number of hydrogen-bond acceptors (Lipinski definition) is 3. The van der Waals surface area contributed by atoms with E-state index in [0.717, 1.165) is 11.1 Å². The molecule has 1 aromatic heterocycles. The number of carbonyl (C=O) groups is 1. The third kappa shape index (κ3) is 3.86. The van der Waals surface area contributed by atoms with Crippen LogP contribution in [0.15, 0.2) is 71.3 Å². The third-order valence-electron chi connectivity index (χ3n) is 3.65. The summed E-state index contributed by atoms with van der Waals surface area (Å²) in [7, 11) is 0. The fourth-order valence-electron chi connectivity index (χ4n) is 2.49. The lowest BCUT2D eigenvalue weighted by Gasteiger charge is -2.19. The average Bonchev–Trinajstić information content (AvgIpc) is 3.03. The first kappa shape index (κ1) is 15.0. The quantitative estimate of drug-likeness (QED) is 0.782. The highest BCUT2D eigenvalue weighted by molar-refractivity contribution is 5.92. The second kappa shape index (κ2) is 6.92. The van der Waals surface area contributed by atoms with Crippen molar-refractivity contribution >= 4 is 5.91 Å². The molecule has 1 amide bonds. The summed E-state index contributed by atoms with van der Waals surface area (Å²) >= 11 is 0. The molecule has 3 rings (SSSR count). The summed E-state index contributed by atoms with van der Waals surface area (Å²) in [6.07, 6.45) is 0.716. The van der Waals surface area contributed by atoms with Crippen LogP contribution in [0, 0.1) is 6.92 Å². The summed E-state index contributed by atoms with van der Waals surface area (Å²) < 4.78 is 4.98. The highest BCUT2D eigenvalue weighted by atomic mass is 16.5. The molecule has 0 aliphatic rings. The van der Waals surface area contributed by atoms with Gasteiger partial charge in [0.2, 0.25) is 0 Å². The molecular formula is C19H18N2O2. The summed E-state index contributed by atoms with van der Waals surface area (Å²) in [6.45, 7) is 1.77. The largest absolute Gasteiger partial charge is 0.361 e. The van der Waals surface area contributed by atoms with Crippen LogP contribution in [-0.4, -0.2) is 11.1 Å². The molecule has 23 heavy (non-hydrogen) atoms. The maximum Gasteiger partial charge on any atom is 0.273 e. The molecule has 0 bridgehead atoms. The minimum atomic E-state index is -0.230. The molecule has 1 N–H and O–H groups in total. The van der Waals surface area contributed by atoms with E-state index in [0.29, 0.717) is 17.9 Å². The smallest absolute Gasteiger partial charge is 0.273 e. The Hall–Kier alpha value is -2.88. The van der Waals surface area contributed by atoms with Crippen molar-refractivity contribution in [2.45, 2.75) is 19.4 Å². The van der Waals surface area contributed by atoms with Crippen LogP contribution < -0.4 is 5.32 Å². The molecule has 0 saturated carbocycles. The monoisotopic (exact) mass is 306 g/mol. The molecule has 0 fully saturated rings. The molecule has 116 valence electrons. The van der Waals surface area contributed by atoms with Gasteiger partial charge in [-0.25, -0.2) is 0 Å². The number of rotatable bonds is 5. The fraction of sp³-hybridized carbons (Fsp3) is 0.158. The van der Waals surface area contributed by atoms with Gasteiger partial charge in [0.25, 0.3) is 5.91 Å². The van der Waals surface area contributed by atoms with Gasteiger partial charge in [-0.2, -0.15) is 0 Å². The normalized spacial score (nSPS) is 11.9. The first-order valence-electron chi connectivity index (χ1n) is 7.55. The zero-order valence-electron chi connectivity index (χ0n) is 12.9. The van der Waals surface area contributed by atoms with E-state index in [-0.39, 0.29) is 11.9 Å². The van der Waals surface area contributed by atoms with Gasteiger partial charge in [-0.1, -0.05) is 65.8 Å². The van der Waals surface area contributed by atoms with Crippen molar-refractivity contribution in [2.24, 2.45) is 0 Å². The van der Waals surface area contributed by atoms with Crippen molar-refractivity contribution in [3.63, 3.8) is 0 Å². The Labute approximate surface area is 135 Å². The van der Waals surface area contributed by atoms with Crippen molar-refractivity contribution < 1.29 is 9.32 Å². The van der Waals surface area contributed by atoms with Crippen LogP contribution in [-0.2, 0) is 6.42 Å². The van der Waals surface area contributed by atoms with Gasteiger partial charge in [0, 0.05) is 6.07 Å². The van der Waals surface area contributed by atoms with Gasteiger partial charge in [0.05, 0.1) is 6.04 Å². The number of nitrogens with zero attached hydrogens (tertiary/aromatic N) is 1. The van der Waals surface area contributed by atoms with Crippen LogP contribution in [0.25, 0.3) is 0 Å². The molecule has 0 spiro atoms. The third-order valence-corrected chi connectivity index (χ3v) is 3.65. The predicted molar refractivity (Wildman–Crippen MR) is 88.0 cm³/mol. The highest BCUT2D eigenvalue weighted by Gasteiger charge is 2.18. The van der Waals surface area contributed by atoms with Crippen LogP contribution in [0.3, 0.4) is 0 Å². The van der Waals surface area contributed by atoms with Crippen LogP contribution >= 0.6 is 0 Å². The number of benzene rings is 2. The first-order chi connectivity index (χ1) is 11.2. The van der Waals surface area contributed by atoms with Crippen LogP contribution in [0.1, 0.15) is 33.4 Å². The van der Waals surface area contributed by atoms with E-state index in [1.165, 1.54) is 0 Å². The Morgan fingerprint density at radius 3 is 2.35 bits per heavy atom. The molecule has 0 unspecified atom stereocenters. The minimum absolute atomic E-state index is 0.122. The Kier molecular flexibility index (Phi) is 4.52. The summed E-state index contributed by atoms with van der Waals surface area (Å²) in [5.41, 5.74) is 2.53. The van der Waals surface area contributed by atoms with Gasteiger partial charge in [-0.05, 0) is 24.5 Å². The molecule has 0 aliphatic heterocycles. The van der Waals surface area contributed by atoms with Crippen molar-refractivity contribution in [3.05, 3.63) is 89.3 Å². The topological polar surface area (TPSA) is 55.1 Å². The Morgan fingerprint density at radius 1 is 1.09 bits per heavy atom. The second-order valence-electron chi connectivity index (χ2n) is 5.45. The lowest BCUT2D eigenvalue weighted by Crippen LogP contribution is -2.30. The zero-order chi connectivity index (χ0) is 16.1. The van der Waals surface area contributed by atoms with Crippen LogP contribution in [0.5, 0.6) is 0 Å². The zero-order valence-corrected chi connectivity index (χ0v) is 12.9. The summed E-state index contributed by atoms with van der Waals surface area (Å²) in [4.78, 5) is 12.4. The molecular weight excluding hydrogens is 288 g/mol.